The van der Waals surface area contributed by atoms with Crippen LogP contribution in [-0.4, -0.2) is 23.9 Å². The molecule has 0 radical (unpaired) electrons. The van der Waals surface area contributed by atoms with Crippen molar-refractivity contribution < 1.29 is 14.0 Å². The van der Waals surface area contributed by atoms with E-state index >= 15 is 0 Å². The number of benzene rings is 2. The summed E-state index contributed by atoms with van der Waals surface area (Å²) in [6.45, 7) is 1.27. The van der Waals surface area contributed by atoms with E-state index in [-0.39, 0.29) is 0 Å². The van der Waals surface area contributed by atoms with E-state index in [9.17, 15) is 14.0 Å². The molecule has 1 heterocycles. The van der Waals surface area contributed by atoms with Gasteiger partial charge in [-0.15, -0.1) is 0 Å². The molecule has 0 fully saturated rings. The average Bonchev–Trinajstić information content (AvgIpc) is 2.54. The zero-order chi connectivity index (χ0) is 16.2. The van der Waals surface area contributed by atoms with Gasteiger partial charge >= 0.3 is 6.03 Å². The molecule has 0 unspecified atom stereocenters. The summed E-state index contributed by atoms with van der Waals surface area (Å²) in [7, 11) is 0. The second-order valence-electron chi connectivity index (χ2n) is 5.40. The standard InChI is InChI=1S/C17H16FN3O2/c18-14-2-1-3-15(9-14)19-17(23)20-16-5-4-13-10-21(11-22)7-6-12(13)8-16/h1-5,8-9,11H,6-7,10H2,(H2,19,20,23). The molecule has 6 heteroatoms. The second-order valence-corrected chi connectivity index (χ2v) is 5.40. The Labute approximate surface area is 133 Å². The van der Waals surface area contributed by atoms with Gasteiger partial charge in [0.2, 0.25) is 6.41 Å². The van der Waals surface area contributed by atoms with Crippen LogP contribution >= 0.6 is 0 Å². The molecule has 0 aromatic heterocycles. The number of nitrogens with one attached hydrogen (secondary N) is 2. The van der Waals surface area contributed by atoms with Gasteiger partial charge in [0.1, 0.15) is 5.82 Å². The van der Waals surface area contributed by atoms with Gasteiger partial charge in [0, 0.05) is 24.5 Å². The second kappa shape index (κ2) is 6.48. The fourth-order valence-electron chi connectivity index (χ4n) is 2.60. The number of nitrogens with zero attached hydrogens (tertiary/aromatic N) is 1. The number of fused-ring (bicyclic) bond motifs is 1. The molecular weight excluding hydrogens is 297 g/mol. The number of urea groups is 1. The molecule has 0 saturated heterocycles. The Morgan fingerprint density at radius 2 is 1.87 bits per heavy atom. The number of hydrogen-bond donors (Lipinski definition) is 2. The molecule has 1 aliphatic rings. The van der Waals surface area contributed by atoms with E-state index in [2.05, 4.69) is 10.6 Å². The lowest BCUT2D eigenvalue weighted by Gasteiger charge is -2.25. The van der Waals surface area contributed by atoms with Gasteiger partial charge in [-0.2, -0.15) is 0 Å². The van der Waals surface area contributed by atoms with Gasteiger partial charge in [0.25, 0.3) is 0 Å². The summed E-state index contributed by atoms with van der Waals surface area (Å²) >= 11 is 0. The first-order valence-electron chi connectivity index (χ1n) is 7.29. The minimum Gasteiger partial charge on any atom is -0.341 e. The van der Waals surface area contributed by atoms with Crippen LogP contribution < -0.4 is 10.6 Å². The maximum atomic E-state index is 13.1. The maximum Gasteiger partial charge on any atom is 0.323 e. The van der Waals surface area contributed by atoms with Crippen LogP contribution in [0.15, 0.2) is 42.5 Å². The predicted octanol–water partition coefficient (Wildman–Crippen LogP) is 2.98. The minimum absolute atomic E-state index is 0.391. The molecule has 0 saturated carbocycles. The van der Waals surface area contributed by atoms with Crippen LogP contribution in [0.25, 0.3) is 0 Å². The van der Waals surface area contributed by atoms with Crippen molar-refractivity contribution in [3.05, 3.63) is 59.4 Å². The largest absolute Gasteiger partial charge is 0.341 e. The maximum absolute atomic E-state index is 13.1. The fraction of sp³-hybridized carbons (Fsp3) is 0.176. The number of amides is 3. The van der Waals surface area contributed by atoms with Crippen LogP contribution in [0, 0.1) is 5.82 Å². The van der Waals surface area contributed by atoms with Crippen LogP contribution in [0.3, 0.4) is 0 Å². The molecule has 1 aliphatic heterocycles. The zero-order valence-corrected chi connectivity index (χ0v) is 12.4. The summed E-state index contributed by atoms with van der Waals surface area (Å²) in [5, 5.41) is 5.31. The van der Waals surface area contributed by atoms with Gasteiger partial charge in [-0.05, 0) is 47.9 Å². The van der Waals surface area contributed by atoms with Crippen LogP contribution in [0.2, 0.25) is 0 Å². The summed E-state index contributed by atoms with van der Waals surface area (Å²) < 4.78 is 13.1. The lowest BCUT2D eigenvalue weighted by molar-refractivity contribution is -0.118. The van der Waals surface area contributed by atoms with Crippen LogP contribution in [-0.2, 0) is 17.8 Å². The summed E-state index contributed by atoms with van der Waals surface area (Å²) in [4.78, 5) is 24.5. The topological polar surface area (TPSA) is 61.4 Å². The third-order valence-electron chi connectivity index (χ3n) is 3.74. The van der Waals surface area contributed by atoms with Gasteiger partial charge in [-0.1, -0.05) is 12.1 Å². The lowest BCUT2D eigenvalue weighted by Crippen LogP contribution is -2.29. The molecule has 0 aliphatic carbocycles. The quantitative estimate of drug-likeness (QED) is 0.856. The zero-order valence-electron chi connectivity index (χ0n) is 12.4. The van der Waals surface area contributed by atoms with E-state index in [0.717, 1.165) is 24.0 Å². The highest BCUT2D eigenvalue weighted by Crippen LogP contribution is 2.22. The summed E-state index contributed by atoms with van der Waals surface area (Å²) in [5.74, 6) is -0.406. The molecule has 0 bridgehead atoms. The van der Waals surface area contributed by atoms with Crippen LogP contribution in [0.5, 0.6) is 0 Å². The summed E-state index contributed by atoms with van der Waals surface area (Å²) in [6.07, 6.45) is 1.61. The highest BCUT2D eigenvalue weighted by Gasteiger charge is 2.15. The van der Waals surface area contributed by atoms with Crippen molar-refractivity contribution in [2.24, 2.45) is 0 Å². The van der Waals surface area contributed by atoms with Crippen LogP contribution in [0.4, 0.5) is 20.6 Å². The molecule has 0 spiro atoms. The van der Waals surface area contributed by atoms with Crippen molar-refractivity contribution in [3.8, 4) is 0 Å². The fourth-order valence-corrected chi connectivity index (χ4v) is 2.60. The number of rotatable bonds is 3. The molecule has 5 nitrogen and oxygen atoms in total. The molecule has 3 rings (SSSR count). The Morgan fingerprint density at radius 1 is 1.09 bits per heavy atom. The van der Waals surface area contributed by atoms with Gasteiger partial charge in [0.05, 0.1) is 0 Å². The minimum atomic E-state index is -0.430. The van der Waals surface area contributed by atoms with Crippen molar-refractivity contribution in [3.63, 3.8) is 0 Å². The Balaban J connectivity index is 1.66. The molecular formula is C17H16FN3O2. The first-order chi connectivity index (χ1) is 11.1. The molecule has 3 amide bonds. The molecule has 23 heavy (non-hydrogen) atoms. The molecule has 118 valence electrons. The van der Waals surface area contributed by atoms with Gasteiger partial charge < -0.3 is 15.5 Å². The summed E-state index contributed by atoms with van der Waals surface area (Å²) in [6, 6.07) is 10.9. The first kappa shape index (κ1) is 15.0. The number of anilines is 2. The van der Waals surface area contributed by atoms with Gasteiger partial charge in [-0.3, -0.25) is 4.79 Å². The smallest absolute Gasteiger partial charge is 0.323 e. The van der Waals surface area contributed by atoms with E-state index in [1.54, 1.807) is 17.0 Å². The average molecular weight is 313 g/mol. The van der Waals surface area contributed by atoms with E-state index in [1.807, 2.05) is 12.1 Å². The van der Waals surface area contributed by atoms with E-state index in [0.29, 0.717) is 24.5 Å². The van der Waals surface area contributed by atoms with Crippen molar-refractivity contribution in [1.29, 1.82) is 0 Å². The summed E-state index contributed by atoms with van der Waals surface area (Å²) in [5.41, 5.74) is 3.25. The Bertz CT molecular complexity index is 748. The molecule has 2 aromatic carbocycles. The van der Waals surface area contributed by atoms with E-state index in [1.165, 1.54) is 18.2 Å². The Kier molecular flexibility index (Phi) is 4.23. The molecule has 2 aromatic rings. The highest BCUT2D eigenvalue weighted by atomic mass is 19.1. The van der Waals surface area contributed by atoms with Gasteiger partial charge in [-0.25, -0.2) is 9.18 Å². The lowest BCUT2D eigenvalue weighted by atomic mass is 9.99. The van der Waals surface area contributed by atoms with Crippen molar-refractivity contribution in [1.82, 2.24) is 4.90 Å². The van der Waals surface area contributed by atoms with Crippen molar-refractivity contribution in [2.45, 2.75) is 13.0 Å². The number of carbonyl (C=O) groups excluding carboxylic acids is 2. The third kappa shape index (κ3) is 3.66. The predicted molar refractivity (Wildman–Crippen MR) is 85.7 cm³/mol. The Hall–Kier alpha value is -2.89. The van der Waals surface area contributed by atoms with E-state index in [4.69, 9.17) is 0 Å². The highest BCUT2D eigenvalue weighted by molar-refractivity contribution is 5.99. The molecule has 0 atom stereocenters. The first-order valence-corrected chi connectivity index (χ1v) is 7.29. The normalized spacial score (nSPS) is 13.2. The number of halogens is 1. The van der Waals surface area contributed by atoms with Crippen molar-refractivity contribution in [2.75, 3.05) is 17.2 Å². The monoisotopic (exact) mass is 313 g/mol. The third-order valence-corrected chi connectivity index (χ3v) is 3.74. The SMILES string of the molecule is O=CN1CCc2cc(NC(=O)Nc3cccc(F)c3)ccc2C1. The van der Waals surface area contributed by atoms with Gasteiger partial charge in [0.15, 0.2) is 0 Å². The Morgan fingerprint density at radius 3 is 2.61 bits per heavy atom. The van der Waals surface area contributed by atoms with E-state index < -0.39 is 11.8 Å². The number of carbonyl (C=O) groups is 2. The van der Waals surface area contributed by atoms with Crippen molar-refractivity contribution >= 4 is 23.8 Å². The molecule has 2 N–H and O–H groups in total. The number of hydrogen-bond acceptors (Lipinski definition) is 2. The van der Waals surface area contributed by atoms with Crippen LogP contribution in [0.1, 0.15) is 11.1 Å².